The van der Waals surface area contributed by atoms with Gasteiger partial charge >= 0.3 is 0 Å². The lowest BCUT2D eigenvalue weighted by molar-refractivity contribution is -0.389. The molecular weight excluding hydrogens is 1730 g/mol. The quantitative estimate of drug-likeness (QED) is 0.0244. The highest BCUT2D eigenvalue weighted by molar-refractivity contribution is 5.76. The number of aliphatic hydroxyl groups is 21. The third-order valence-electron chi connectivity index (χ3n) is 25.8. The Labute approximate surface area is 769 Å². The summed E-state index contributed by atoms with van der Waals surface area (Å²) >= 11 is 0. The van der Waals surface area contributed by atoms with Crippen LogP contribution in [0.1, 0.15) is 259 Å². The fourth-order valence-electron chi connectivity index (χ4n) is 18.0. The molecule has 7 aliphatic heterocycles. The lowest BCUT2D eigenvalue weighted by Gasteiger charge is -2.51. The highest BCUT2D eigenvalue weighted by Gasteiger charge is 2.60. The van der Waals surface area contributed by atoms with Crippen LogP contribution in [-0.2, 0) is 80.7 Å². The molecule has 0 spiro atoms. The van der Waals surface area contributed by atoms with Gasteiger partial charge in [0, 0.05) is 20.3 Å². The van der Waals surface area contributed by atoms with Crippen molar-refractivity contribution < 1.29 is 188 Å². The van der Waals surface area contributed by atoms with Gasteiger partial charge in [0.2, 0.25) is 17.7 Å². The van der Waals surface area contributed by atoms with Crippen molar-refractivity contribution in [2.75, 3.05) is 52.9 Å². The highest BCUT2D eigenvalue weighted by atomic mass is 16.8. The summed E-state index contributed by atoms with van der Waals surface area (Å²) in [5.74, 6) is -2.14. The molecule has 41 nitrogen and oxygen atoms in total. The van der Waals surface area contributed by atoms with Gasteiger partial charge in [-0.3, -0.25) is 14.4 Å². The average Bonchev–Trinajstić information content (AvgIpc) is 0.762. The molecule has 7 heterocycles. The molecule has 7 rings (SSSR count). The third-order valence-corrected chi connectivity index (χ3v) is 25.8. The molecule has 0 bridgehead atoms. The maximum absolute atomic E-state index is 13.6. The molecule has 3 amide bonds. The lowest BCUT2D eigenvalue weighted by atomic mass is 9.93. The van der Waals surface area contributed by atoms with Crippen molar-refractivity contribution in [1.82, 2.24) is 16.0 Å². The van der Waals surface area contributed by atoms with Gasteiger partial charge in [-0.1, -0.05) is 231 Å². The topological polar surface area (TPSA) is 641 Å². The fraction of sp³-hybridized carbons (Fsp3) is 0.944. The van der Waals surface area contributed by atoms with Crippen LogP contribution in [0, 0.1) is 0 Å². The van der Waals surface area contributed by atoms with Crippen molar-refractivity contribution in [2.24, 2.45) is 0 Å². The minimum absolute atomic E-state index is 0.165. The van der Waals surface area contributed by atoms with E-state index >= 15 is 0 Å². The van der Waals surface area contributed by atoms with Gasteiger partial charge in [-0.05, 0) is 19.3 Å². The number of aliphatic hydroxyl groups excluding tert-OH is 21. The monoisotopic (exact) mass is 1890 g/mol. The third kappa shape index (κ3) is 35.5. The molecule has 0 aliphatic carbocycles. The fourth-order valence-corrected chi connectivity index (χ4v) is 18.0. The molecule has 41 heteroatoms. The minimum Gasteiger partial charge on any atom is -0.394 e. The number of hydrogen-bond acceptors (Lipinski definition) is 38. The molecule has 766 valence electrons. The zero-order valence-corrected chi connectivity index (χ0v) is 77.0. The van der Waals surface area contributed by atoms with E-state index < -0.39 is 292 Å². The number of carbonyl (C=O) groups is 3. The van der Waals surface area contributed by atoms with Gasteiger partial charge in [-0.25, -0.2) is 0 Å². The van der Waals surface area contributed by atoms with Gasteiger partial charge in [0.1, 0.15) is 171 Å². The van der Waals surface area contributed by atoms with E-state index in [2.05, 4.69) is 29.8 Å². The van der Waals surface area contributed by atoms with E-state index in [1.807, 2.05) is 6.08 Å². The van der Waals surface area contributed by atoms with E-state index in [4.69, 9.17) is 66.3 Å². The number of rotatable bonds is 63. The average molecular weight is 1900 g/mol. The zero-order valence-electron chi connectivity index (χ0n) is 77.0. The first-order valence-corrected chi connectivity index (χ1v) is 48.5. The molecule has 0 aromatic carbocycles. The van der Waals surface area contributed by atoms with Crippen LogP contribution in [0.15, 0.2) is 12.2 Å². The minimum atomic E-state index is -2.31. The van der Waals surface area contributed by atoms with Gasteiger partial charge in [0.25, 0.3) is 0 Å². The molecule has 7 fully saturated rings. The Hall–Kier alpha value is -3.25. The Morgan fingerprint density at radius 1 is 0.298 bits per heavy atom. The second-order valence-corrected chi connectivity index (χ2v) is 36.3. The maximum Gasteiger partial charge on any atom is 0.220 e. The van der Waals surface area contributed by atoms with Crippen molar-refractivity contribution >= 4 is 17.7 Å². The molecule has 0 radical (unpaired) electrons. The lowest BCUT2D eigenvalue weighted by Crippen LogP contribution is -2.71. The summed E-state index contributed by atoms with van der Waals surface area (Å²) < 4.78 is 82.6. The second kappa shape index (κ2) is 62.0. The number of amides is 3. The summed E-state index contributed by atoms with van der Waals surface area (Å²) in [6.07, 6.45) is -20.9. The zero-order chi connectivity index (χ0) is 95.6. The van der Waals surface area contributed by atoms with E-state index in [0.29, 0.717) is 12.8 Å². The van der Waals surface area contributed by atoms with Gasteiger partial charge in [0.05, 0.1) is 65.0 Å². The molecular formula is C90H163N3O38. The number of carbonyl (C=O) groups excluding carboxylic acids is 3. The number of allylic oxidation sites excluding steroid dienone is 1. The number of unbranched alkanes of at least 4 members (excludes halogenated alkanes) is 33. The van der Waals surface area contributed by atoms with Crippen molar-refractivity contribution in [2.45, 2.75) is 486 Å². The SMILES string of the molecule is CCCCCCCCCCCCC/C=C/[C@@H](O)[C@H](CO[C@@H]1OC(CO)[C@@H](O[C@@H]2OC(CO)[C@H](O)[C@H](O[C@@H]3OC(CO)[C@@H](O[C@@H]4OC(CO)[C@H](O)[C@H](O[C@@H]5OC(CO)[C@@H](O[C@@H]6OC(CO)[C@H](O)[C@H](O[C@H]7OC(CO)[C@H](O)[C@H](O)C7O)C6O)[C@H](O)C5NC(C)=O)C4O)[C@H](O)C3NC(C)=O)C2O)[C@H](O)C1O)NC(=O)CCCCCCCCCCCCCCCCCCCCCCCCC. The van der Waals surface area contributed by atoms with Crippen LogP contribution in [0.5, 0.6) is 0 Å². The van der Waals surface area contributed by atoms with Crippen LogP contribution < -0.4 is 16.0 Å². The molecule has 7 saturated heterocycles. The molecule has 131 heavy (non-hydrogen) atoms. The summed E-state index contributed by atoms with van der Waals surface area (Å²) in [4.78, 5) is 39.6. The number of ether oxygens (including phenoxy) is 14. The Morgan fingerprint density at radius 3 is 0.893 bits per heavy atom. The molecule has 14 unspecified atom stereocenters. The van der Waals surface area contributed by atoms with Crippen LogP contribution in [0.4, 0.5) is 0 Å². The van der Waals surface area contributed by atoms with E-state index in [1.54, 1.807) is 6.08 Å². The predicted molar refractivity (Wildman–Crippen MR) is 463 cm³/mol. The number of hydrogen-bond donors (Lipinski definition) is 24. The van der Waals surface area contributed by atoms with Crippen LogP contribution in [0.25, 0.3) is 0 Å². The molecule has 0 aromatic heterocycles. The van der Waals surface area contributed by atoms with Crippen LogP contribution in [0.2, 0.25) is 0 Å². The van der Waals surface area contributed by atoms with Crippen LogP contribution in [0.3, 0.4) is 0 Å². The van der Waals surface area contributed by atoms with Crippen molar-refractivity contribution in [3.63, 3.8) is 0 Å². The first-order chi connectivity index (χ1) is 63.1. The predicted octanol–water partition coefficient (Wildman–Crippen LogP) is -1.48. The van der Waals surface area contributed by atoms with Gasteiger partial charge in [-0.15, -0.1) is 0 Å². The van der Waals surface area contributed by atoms with E-state index in [0.717, 1.165) is 65.2 Å². The summed E-state index contributed by atoms with van der Waals surface area (Å²) in [5.41, 5.74) is 0. The van der Waals surface area contributed by atoms with E-state index in [-0.39, 0.29) is 12.3 Å². The van der Waals surface area contributed by atoms with Crippen molar-refractivity contribution in [3.8, 4) is 0 Å². The van der Waals surface area contributed by atoms with Gasteiger partial charge in [-0.2, -0.15) is 0 Å². The molecule has 7 aliphatic rings. The molecule has 0 saturated carbocycles. The number of nitrogens with one attached hydrogen (secondary N) is 3. The van der Waals surface area contributed by atoms with Gasteiger partial charge in [0.15, 0.2) is 44.0 Å². The maximum atomic E-state index is 13.6. The molecule has 24 N–H and O–H groups in total. The standard InChI is InChI=1S/C90H163N3O38/c1-5-7-9-11-13-15-17-19-20-21-22-23-24-25-26-27-28-30-32-34-36-38-40-42-62(104)93-53(54(103)41-39-37-35-33-31-29-18-16-14-12-10-8-6-2)50-118-86-74(114)72(112)80(61(49-100)125-86)128-90-76(116)82(67(107)57(45-96)122-90)130-85-63(91-51(3)101)69(109)78(59(47-98)123-85)126-88-75(115)81(66(106)56(44-95)120-88)129-84-64(92-52(4)102)70(110)79(60(48-99)124-84)127-89-77(117)83(68(108)58(46-97)121-89)131-87-73(113)71(111)65(105)55(43-94)119-87/h39,41,53-61,63-90,94-100,103,105-117H,5-38,40,42-50H2,1-4H3,(H,91,101)(H,92,102)(H,93,104)/b41-39+/t53-,54+,55?,56?,57?,58?,59?,60?,61?,63?,64?,65-,66-,67-,68-,69+,70+,71-,72+,73?,74?,75?,76?,77?,78+,79+,80+,81-,82-,83-,84-,85-,86+,87+,88-,89-,90-/m0/s1. The van der Waals surface area contributed by atoms with Crippen LogP contribution >= 0.6 is 0 Å². The highest BCUT2D eigenvalue weighted by Crippen LogP contribution is 2.39. The van der Waals surface area contributed by atoms with E-state index in [9.17, 15) is 122 Å². The normalized spacial score (nSPS) is 37.1. The Bertz CT molecular complexity index is 3080. The smallest absolute Gasteiger partial charge is 0.220 e. The second-order valence-electron chi connectivity index (χ2n) is 36.3. The van der Waals surface area contributed by atoms with Crippen molar-refractivity contribution in [3.05, 3.63) is 12.2 Å². The van der Waals surface area contributed by atoms with Crippen molar-refractivity contribution in [1.29, 1.82) is 0 Å². The summed E-state index contributed by atoms with van der Waals surface area (Å²) in [6.45, 7) is -1.20. The molecule has 37 atom stereocenters. The van der Waals surface area contributed by atoms with Crippen LogP contribution in [-0.4, -0.2) is 405 Å². The Kier molecular flexibility index (Phi) is 54.3. The summed E-state index contributed by atoms with van der Waals surface area (Å²) in [5, 5.41) is 243. The summed E-state index contributed by atoms with van der Waals surface area (Å²) in [6, 6.07) is -4.83. The largest absolute Gasteiger partial charge is 0.394 e. The Balaban J connectivity index is 0.950. The summed E-state index contributed by atoms with van der Waals surface area (Å²) in [7, 11) is 0. The first kappa shape index (κ1) is 115. The molecule has 0 aromatic rings. The Morgan fingerprint density at radius 2 is 0.565 bits per heavy atom. The van der Waals surface area contributed by atoms with Gasteiger partial charge < -0.3 is 190 Å². The van der Waals surface area contributed by atoms with E-state index in [1.165, 1.54) is 161 Å². The first-order valence-electron chi connectivity index (χ1n) is 48.5.